The van der Waals surface area contributed by atoms with E-state index in [1.807, 2.05) is 24.3 Å². The zero-order valence-corrected chi connectivity index (χ0v) is 9.81. The van der Waals surface area contributed by atoms with Crippen LogP contribution in [0.15, 0.2) is 30.3 Å². The molecule has 0 spiro atoms. The Bertz CT molecular complexity index is 544. The van der Waals surface area contributed by atoms with E-state index in [1.54, 1.807) is 6.07 Å². The molecule has 0 aliphatic carbocycles. The number of methoxy groups -OCH3 is 1. The van der Waals surface area contributed by atoms with Gasteiger partial charge in [0.05, 0.1) is 12.1 Å². The Hall–Kier alpha value is -1.43. The second-order valence-electron chi connectivity index (χ2n) is 3.39. The second kappa shape index (κ2) is 4.83. The smallest absolute Gasteiger partial charge is 0.508 e. The minimum atomic E-state index is -1.94. The minimum absolute atomic E-state index is 0.114. The normalized spacial score (nSPS) is 10.4. The quantitative estimate of drug-likeness (QED) is 0.819. The van der Waals surface area contributed by atoms with Gasteiger partial charge < -0.3 is 19.4 Å². The molecule has 6 heteroatoms. The van der Waals surface area contributed by atoms with Crippen LogP contribution < -0.4 is 9.39 Å². The minimum Gasteiger partial charge on any atom is -0.508 e. The Kier molecular flexibility index (Phi) is 3.42. The van der Waals surface area contributed by atoms with Crippen LogP contribution in [0.5, 0.6) is 11.5 Å². The molecule has 0 fully saturated rings. The van der Waals surface area contributed by atoms with E-state index in [1.165, 1.54) is 7.11 Å². The Balaban J connectivity index is 2.67. The largest absolute Gasteiger partial charge is 0.707 e. The third-order valence-electron chi connectivity index (χ3n) is 2.35. The van der Waals surface area contributed by atoms with Gasteiger partial charge in [0.15, 0.2) is 11.5 Å². The number of ether oxygens (including phenoxy) is 1. The SMILES string of the molecule is COc1cc2ccccc2c(Cl)c1OB(O)O. The fourth-order valence-electron chi connectivity index (χ4n) is 1.63. The number of halogens is 1. The van der Waals surface area contributed by atoms with Gasteiger partial charge in [-0.1, -0.05) is 35.9 Å². The molecule has 0 aromatic heterocycles. The Morgan fingerprint density at radius 3 is 2.59 bits per heavy atom. The monoisotopic (exact) mass is 252 g/mol. The maximum atomic E-state index is 8.84. The molecular formula is C11H10BClO4. The summed E-state index contributed by atoms with van der Waals surface area (Å²) >= 11 is 6.14. The molecule has 0 saturated heterocycles. The van der Waals surface area contributed by atoms with E-state index in [9.17, 15) is 0 Å². The standard InChI is InChI=1S/C11H10BClO4/c1-16-9-6-7-4-2-3-5-8(7)10(13)11(9)17-12(14)15/h2-6,14-15H,1H3. The zero-order chi connectivity index (χ0) is 12.4. The maximum absolute atomic E-state index is 8.84. The summed E-state index contributed by atoms with van der Waals surface area (Å²) in [6.07, 6.45) is 0. The maximum Gasteiger partial charge on any atom is 0.707 e. The molecule has 0 unspecified atom stereocenters. The van der Waals surface area contributed by atoms with Crippen molar-refractivity contribution in [1.82, 2.24) is 0 Å². The van der Waals surface area contributed by atoms with Gasteiger partial charge in [-0.3, -0.25) is 0 Å². The molecule has 0 aliphatic rings. The van der Waals surface area contributed by atoms with Gasteiger partial charge >= 0.3 is 7.32 Å². The lowest BCUT2D eigenvalue weighted by molar-refractivity contribution is 0.280. The van der Waals surface area contributed by atoms with Gasteiger partial charge in [0.1, 0.15) is 0 Å². The van der Waals surface area contributed by atoms with Crippen molar-refractivity contribution in [3.63, 3.8) is 0 Å². The Morgan fingerprint density at radius 1 is 1.24 bits per heavy atom. The molecule has 0 bridgehead atoms. The second-order valence-corrected chi connectivity index (χ2v) is 3.77. The molecule has 2 aromatic carbocycles. The van der Waals surface area contributed by atoms with Gasteiger partial charge in [0.2, 0.25) is 0 Å². The summed E-state index contributed by atoms with van der Waals surface area (Å²) in [5.74, 6) is 0.463. The topological polar surface area (TPSA) is 58.9 Å². The number of hydrogen-bond donors (Lipinski definition) is 2. The molecule has 0 saturated carbocycles. The molecular weight excluding hydrogens is 242 g/mol. The highest BCUT2D eigenvalue weighted by Crippen LogP contribution is 2.41. The van der Waals surface area contributed by atoms with Crippen molar-refractivity contribution in [2.75, 3.05) is 7.11 Å². The van der Waals surface area contributed by atoms with Crippen LogP contribution in [-0.2, 0) is 0 Å². The van der Waals surface area contributed by atoms with Crippen LogP contribution >= 0.6 is 11.6 Å². The van der Waals surface area contributed by atoms with Crippen molar-refractivity contribution < 1.29 is 19.4 Å². The summed E-state index contributed by atoms with van der Waals surface area (Å²) in [7, 11) is -0.487. The van der Waals surface area contributed by atoms with Gasteiger partial charge in [-0.05, 0) is 11.5 Å². The number of fused-ring (bicyclic) bond motifs is 1. The molecule has 2 N–H and O–H groups in total. The van der Waals surface area contributed by atoms with E-state index in [4.69, 9.17) is 31.0 Å². The van der Waals surface area contributed by atoms with Gasteiger partial charge in [-0.15, -0.1) is 0 Å². The highest BCUT2D eigenvalue weighted by atomic mass is 35.5. The first-order valence-electron chi connectivity index (χ1n) is 4.91. The van der Waals surface area contributed by atoms with Crippen molar-refractivity contribution in [1.29, 1.82) is 0 Å². The molecule has 0 aliphatic heterocycles. The highest BCUT2D eigenvalue weighted by Gasteiger charge is 2.20. The number of hydrogen-bond acceptors (Lipinski definition) is 4. The first-order chi connectivity index (χ1) is 8.13. The zero-order valence-electron chi connectivity index (χ0n) is 9.05. The van der Waals surface area contributed by atoms with Crippen LogP contribution in [0.4, 0.5) is 0 Å². The first-order valence-corrected chi connectivity index (χ1v) is 5.29. The van der Waals surface area contributed by atoms with Gasteiger partial charge in [0.25, 0.3) is 0 Å². The number of rotatable bonds is 3. The van der Waals surface area contributed by atoms with Crippen LogP contribution in [0.1, 0.15) is 0 Å². The van der Waals surface area contributed by atoms with Gasteiger partial charge in [0, 0.05) is 5.39 Å². The average Bonchev–Trinajstić information content (AvgIpc) is 2.32. The summed E-state index contributed by atoms with van der Waals surface area (Å²) in [4.78, 5) is 0. The fraction of sp³-hybridized carbons (Fsp3) is 0.0909. The average molecular weight is 252 g/mol. The van der Waals surface area contributed by atoms with E-state index in [-0.39, 0.29) is 10.8 Å². The van der Waals surface area contributed by atoms with Crippen LogP contribution in [0.2, 0.25) is 5.02 Å². The van der Waals surface area contributed by atoms with E-state index in [0.717, 1.165) is 10.8 Å². The van der Waals surface area contributed by atoms with Crippen molar-refractivity contribution in [2.24, 2.45) is 0 Å². The van der Waals surface area contributed by atoms with Crippen LogP contribution in [-0.4, -0.2) is 24.5 Å². The molecule has 88 valence electrons. The van der Waals surface area contributed by atoms with E-state index in [0.29, 0.717) is 5.75 Å². The molecule has 0 radical (unpaired) electrons. The predicted molar refractivity (Wildman–Crippen MR) is 66.3 cm³/mol. The summed E-state index contributed by atoms with van der Waals surface area (Å²) in [5.41, 5.74) is 0. The first kappa shape index (κ1) is 12.0. The Morgan fingerprint density at radius 2 is 1.94 bits per heavy atom. The lowest BCUT2D eigenvalue weighted by Crippen LogP contribution is -2.21. The van der Waals surface area contributed by atoms with Crippen LogP contribution in [0.25, 0.3) is 10.8 Å². The molecule has 17 heavy (non-hydrogen) atoms. The van der Waals surface area contributed by atoms with Crippen LogP contribution in [0, 0.1) is 0 Å². The Labute approximate surface area is 104 Å². The van der Waals surface area contributed by atoms with E-state index in [2.05, 4.69) is 0 Å². The molecule has 0 amide bonds. The van der Waals surface area contributed by atoms with Crippen molar-refractivity contribution in [2.45, 2.75) is 0 Å². The predicted octanol–water partition coefficient (Wildman–Crippen LogP) is 1.85. The third kappa shape index (κ3) is 2.31. The van der Waals surface area contributed by atoms with E-state index < -0.39 is 7.32 Å². The summed E-state index contributed by atoms with van der Waals surface area (Å²) in [5, 5.41) is 19.6. The van der Waals surface area contributed by atoms with Gasteiger partial charge in [-0.2, -0.15) is 0 Å². The lowest BCUT2D eigenvalue weighted by atomic mass is 10.1. The van der Waals surface area contributed by atoms with Crippen molar-refractivity contribution >= 4 is 29.7 Å². The molecule has 2 aromatic rings. The summed E-state index contributed by atoms with van der Waals surface area (Å²) in [6.45, 7) is 0. The van der Waals surface area contributed by atoms with Crippen LogP contribution in [0.3, 0.4) is 0 Å². The summed E-state index contributed by atoms with van der Waals surface area (Å²) in [6, 6.07) is 9.12. The third-order valence-corrected chi connectivity index (χ3v) is 2.73. The molecule has 0 heterocycles. The number of benzene rings is 2. The molecule has 0 atom stereocenters. The van der Waals surface area contributed by atoms with Gasteiger partial charge in [-0.25, -0.2) is 0 Å². The van der Waals surface area contributed by atoms with Crippen molar-refractivity contribution in [3.05, 3.63) is 35.4 Å². The molecule has 4 nitrogen and oxygen atoms in total. The fourth-order valence-corrected chi connectivity index (χ4v) is 1.94. The van der Waals surface area contributed by atoms with E-state index >= 15 is 0 Å². The summed E-state index contributed by atoms with van der Waals surface area (Å²) < 4.78 is 9.93. The lowest BCUT2D eigenvalue weighted by Gasteiger charge is -2.14. The highest BCUT2D eigenvalue weighted by molar-refractivity contribution is 6.39. The molecule has 2 rings (SSSR count). The van der Waals surface area contributed by atoms with Crippen molar-refractivity contribution in [3.8, 4) is 11.5 Å².